The lowest BCUT2D eigenvalue weighted by atomic mass is 9.90. The molecule has 0 radical (unpaired) electrons. The molecule has 0 aliphatic carbocycles. The Bertz CT molecular complexity index is 657. The summed E-state index contributed by atoms with van der Waals surface area (Å²) in [6.07, 6.45) is 5.72. The zero-order chi connectivity index (χ0) is 18.9. The highest BCUT2D eigenvalue weighted by molar-refractivity contribution is 14.0. The van der Waals surface area contributed by atoms with Gasteiger partial charge < -0.3 is 10.6 Å². The molecule has 2 N–H and O–H groups in total. The predicted molar refractivity (Wildman–Crippen MR) is 123 cm³/mol. The van der Waals surface area contributed by atoms with Crippen molar-refractivity contribution in [2.45, 2.75) is 47.0 Å². The summed E-state index contributed by atoms with van der Waals surface area (Å²) in [5.74, 6) is 0.964. The Morgan fingerprint density at radius 2 is 2.00 bits per heavy atom. The molecule has 0 bridgehead atoms. The van der Waals surface area contributed by atoms with Crippen LogP contribution in [0.5, 0.6) is 0 Å². The fraction of sp³-hybridized carbons (Fsp3) is 0.765. The van der Waals surface area contributed by atoms with E-state index < -0.39 is 9.84 Å². The number of aliphatic imine (C=N–C) groups is 1. The van der Waals surface area contributed by atoms with E-state index >= 15 is 0 Å². The molecule has 0 amide bonds. The van der Waals surface area contributed by atoms with Gasteiger partial charge in [-0.15, -0.1) is 35.3 Å². The van der Waals surface area contributed by atoms with Crippen LogP contribution in [0, 0.1) is 5.41 Å². The second-order valence-electron chi connectivity index (χ2n) is 6.99. The van der Waals surface area contributed by atoms with Gasteiger partial charge >= 0.3 is 0 Å². The van der Waals surface area contributed by atoms with E-state index in [1.165, 1.54) is 11.1 Å². The van der Waals surface area contributed by atoms with Gasteiger partial charge in [0.2, 0.25) is 0 Å². The maximum Gasteiger partial charge on any atom is 0.191 e. The van der Waals surface area contributed by atoms with Gasteiger partial charge in [-0.05, 0) is 25.2 Å². The lowest BCUT2D eigenvalue weighted by Crippen LogP contribution is -2.39. The van der Waals surface area contributed by atoms with E-state index in [1.54, 1.807) is 11.3 Å². The quantitative estimate of drug-likeness (QED) is 0.284. The summed E-state index contributed by atoms with van der Waals surface area (Å²) in [5, 5.41) is 7.70. The Morgan fingerprint density at radius 1 is 1.31 bits per heavy atom. The van der Waals surface area contributed by atoms with E-state index in [0.29, 0.717) is 13.0 Å². The van der Waals surface area contributed by atoms with Gasteiger partial charge in [-0.3, -0.25) is 4.99 Å². The van der Waals surface area contributed by atoms with Crippen LogP contribution in [-0.2, 0) is 22.7 Å². The Balaban J connectivity index is 0.00000625. The van der Waals surface area contributed by atoms with Crippen LogP contribution in [0.15, 0.2) is 11.2 Å². The van der Waals surface area contributed by atoms with Crippen LogP contribution in [0.2, 0.25) is 0 Å². The molecule has 9 heteroatoms. The molecule has 0 atom stereocenters. The number of aromatic nitrogens is 1. The van der Waals surface area contributed by atoms with Gasteiger partial charge in [0.15, 0.2) is 5.96 Å². The van der Waals surface area contributed by atoms with Crippen molar-refractivity contribution in [1.29, 1.82) is 0 Å². The van der Waals surface area contributed by atoms with Crippen molar-refractivity contribution in [2.24, 2.45) is 10.4 Å². The van der Waals surface area contributed by atoms with E-state index in [2.05, 4.69) is 27.5 Å². The zero-order valence-electron chi connectivity index (χ0n) is 16.5. The minimum atomic E-state index is -2.94. The average Bonchev–Trinajstić information content (AvgIpc) is 2.98. The van der Waals surface area contributed by atoms with Crippen molar-refractivity contribution in [3.63, 3.8) is 0 Å². The second-order valence-corrected chi connectivity index (χ2v) is 10.4. The third kappa shape index (κ3) is 11.3. The highest BCUT2D eigenvalue weighted by atomic mass is 127. The molecular formula is C17H33IN4O2S2. The lowest BCUT2D eigenvalue weighted by Gasteiger charge is -2.22. The van der Waals surface area contributed by atoms with E-state index in [0.717, 1.165) is 36.9 Å². The number of halogens is 1. The summed E-state index contributed by atoms with van der Waals surface area (Å²) in [6, 6.07) is 0. The first-order chi connectivity index (χ1) is 11.6. The SMILES string of the molecule is CCNC(=NCC(C)(C)CCS(C)(=O)=O)NCCc1ncc(CC)s1.I. The van der Waals surface area contributed by atoms with E-state index in [-0.39, 0.29) is 35.1 Å². The fourth-order valence-electron chi connectivity index (χ4n) is 2.09. The molecule has 0 aliphatic rings. The number of nitrogens with zero attached hydrogens (tertiary/aromatic N) is 2. The molecule has 0 unspecified atom stereocenters. The lowest BCUT2D eigenvalue weighted by molar-refractivity contribution is 0.365. The zero-order valence-corrected chi connectivity index (χ0v) is 20.4. The van der Waals surface area contributed by atoms with Crippen molar-refractivity contribution >= 4 is 51.1 Å². The Labute approximate surface area is 179 Å². The first kappa shape index (κ1) is 25.6. The third-order valence-corrected chi connectivity index (χ3v) is 5.89. The van der Waals surface area contributed by atoms with E-state index in [4.69, 9.17) is 0 Å². The van der Waals surface area contributed by atoms with Crippen LogP contribution >= 0.6 is 35.3 Å². The van der Waals surface area contributed by atoms with Crippen LogP contribution in [0.1, 0.15) is 44.0 Å². The molecule has 0 fully saturated rings. The minimum absolute atomic E-state index is 0. The molecule has 1 rings (SSSR count). The molecule has 0 aromatic carbocycles. The van der Waals surface area contributed by atoms with Crippen LogP contribution in [0.3, 0.4) is 0 Å². The van der Waals surface area contributed by atoms with E-state index in [9.17, 15) is 8.42 Å². The highest BCUT2D eigenvalue weighted by Gasteiger charge is 2.20. The number of rotatable bonds is 10. The maximum atomic E-state index is 11.4. The van der Waals surface area contributed by atoms with Crippen LogP contribution < -0.4 is 10.6 Å². The molecule has 0 aliphatic heterocycles. The maximum absolute atomic E-state index is 11.4. The predicted octanol–water partition coefficient (Wildman–Crippen LogP) is 2.88. The largest absolute Gasteiger partial charge is 0.357 e. The average molecular weight is 517 g/mol. The van der Waals surface area contributed by atoms with Gasteiger partial charge in [-0.25, -0.2) is 13.4 Å². The van der Waals surface area contributed by atoms with Crippen molar-refractivity contribution in [2.75, 3.05) is 31.6 Å². The van der Waals surface area contributed by atoms with Crippen LogP contribution in [0.4, 0.5) is 0 Å². The number of hydrogen-bond acceptors (Lipinski definition) is 5. The summed E-state index contributed by atoms with van der Waals surface area (Å²) < 4.78 is 22.7. The number of sulfone groups is 1. The molecule has 152 valence electrons. The van der Waals surface area contributed by atoms with Gasteiger partial charge in [-0.1, -0.05) is 20.8 Å². The van der Waals surface area contributed by atoms with Gasteiger partial charge in [0.25, 0.3) is 0 Å². The first-order valence-electron chi connectivity index (χ1n) is 8.78. The molecule has 6 nitrogen and oxygen atoms in total. The molecule has 1 heterocycles. The minimum Gasteiger partial charge on any atom is -0.357 e. The third-order valence-electron chi connectivity index (χ3n) is 3.74. The molecule has 26 heavy (non-hydrogen) atoms. The Morgan fingerprint density at radius 3 is 2.54 bits per heavy atom. The van der Waals surface area contributed by atoms with Crippen molar-refractivity contribution in [3.05, 3.63) is 16.1 Å². The molecule has 0 spiro atoms. The van der Waals surface area contributed by atoms with Crippen molar-refractivity contribution in [1.82, 2.24) is 15.6 Å². The van der Waals surface area contributed by atoms with Crippen molar-refractivity contribution in [3.8, 4) is 0 Å². The highest BCUT2D eigenvalue weighted by Crippen LogP contribution is 2.21. The summed E-state index contributed by atoms with van der Waals surface area (Å²) in [6.45, 7) is 10.4. The summed E-state index contributed by atoms with van der Waals surface area (Å²) in [4.78, 5) is 10.4. The van der Waals surface area contributed by atoms with Crippen molar-refractivity contribution < 1.29 is 8.42 Å². The molecule has 0 saturated carbocycles. The monoisotopic (exact) mass is 516 g/mol. The fourth-order valence-corrected chi connectivity index (χ4v) is 3.88. The van der Waals surface area contributed by atoms with Crippen LogP contribution in [0.25, 0.3) is 0 Å². The topological polar surface area (TPSA) is 83.5 Å². The summed E-state index contributed by atoms with van der Waals surface area (Å²) in [5.41, 5.74) is -0.156. The normalized spacial score (nSPS) is 12.6. The van der Waals surface area contributed by atoms with Gasteiger partial charge in [0.1, 0.15) is 9.84 Å². The molecule has 1 aromatic heterocycles. The number of nitrogens with one attached hydrogen (secondary N) is 2. The van der Waals surface area contributed by atoms with Crippen LogP contribution in [-0.4, -0.2) is 51.0 Å². The number of thiazole rings is 1. The molecule has 1 aromatic rings. The molecule has 0 saturated heterocycles. The number of guanidine groups is 1. The summed E-state index contributed by atoms with van der Waals surface area (Å²) >= 11 is 1.76. The summed E-state index contributed by atoms with van der Waals surface area (Å²) in [7, 11) is -2.94. The second kappa shape index (κ2) is 12.1. The van der Waals surface area contributed by atoms with Gasteiger partial charge in [0, 0.05) is 43.4 Å². The smallest absolute Gasteiger partial charge is 0.191 e. The van der Waals surface area contributed by atoms with Gasteiger partial charge in [0.05, 0.1) is 10.8 Å². The van der Waals surface area contributed by atoms with Gasteiger partial charge in [-0.2, -0.15) is 0 Å². The standard InChI is InChI=1S/C17H32N4O2S2.HI/c1-6-14-12-20-15(24-14)8-10-19-16(18-7-2)21-13-17(3,4)9-11-25(5,22)23;/h12H,6-11,13H2,1-5H3,(H2,18,19,21);1H. The van der Waals surface area contributed by atoms with E-state index in [1.807, 2.05) is 27.0 Å². The Kier molecular flexibility index (Phi) is 11.9. The Hall–Kier alpha value is -0.420. The number of aryl methyl sites for hydroxylation is 1. The first-order valence-corrected chi connectivity index (χ1v) is 11.7. The molecular weight excluding hydrogens is 483 g/mol. The number of hydrogen-bond donors (Lipinski definition) is 2.